The Morgan fingerprint density at radius 1 is 1.09 bits per heavy atom. The van der Waals surface area contributed by atoms with Gasteiger partial charge in [-0.05, 0) is 72.1 Å². The zero-order chi connectivity index (χ0) is 24.7. The number of hydrogen-bond acceptors (Lipinski definition) is 3. The standard InChI is InChI=1S/C27H30Cl2N2O3/c1-26(2)13-19-14-27(3,15-26)16-31(19)25(33)23(11-17-5-8-20(34-4)9-6-17)30-24(32)21-10-7-18(28)12-22(21)29/h5-12,19H,13-16H2,1-4H3,(H,30,32). The Morgan fingerprint density at radius 2 is 1.79 bits per heavy atom. The van der Waals surface area contributed by atoms with Gasteiger partial charge in [-0.25, -0.2) is 0 Å². The Hall–Kier alpha value is -2.50. The molecule has 1 heterocycles. The van der Waals surface area contributed by atoms with Crippen LogP contribution in [0.3, 0.4) is 0 Å². The van der Waals surface area contributed by atoms with Gasteiger partial charge in [0.25, 0.3) is 11.8 Å². The van der Waals surface area contributed by atoms with Crippen molar-refractivity contribution >= 4 is 41.1 Å². The number of carbonyl (C=O) groups excluding carboxylic acids is 2. The summed E-state index contributed by atoms with van der Waals surface area (Å²) in [5.41, 5.74) is 1.51. The molecule has 4 rings (SSSR count). The molecule has 2 fully saturated rings. The smallest absolute Gasteiger partial charge is 0.270 e. The highest BCUT2D eigenvalue weighted by Gasteiger charge is 2.51. The van der Waals surface area contributed by atoms with Crippen molar-refractivity contribution in [1.82, 2.24) is 10.2 Å². The van der Waals surface area contributed by atoms with E-state index < -0.39 is 5.91 Å². The van der Waals surface area contributed by atoms with E-state index in [0.717, 1.165) is 24.8 Å². The number of hydrogen-bond donors (Lipinski definition) is 1. The maximum absolute atomic E-state index is 13.8. The van der Waals surface area contributed by atoms with Crippen LogP contribution >= 0.6 is 23.2 Å². The zero-order valence-corrected chi connectivity index (χ0v) is 21.5. The first-order chi connectivity index (χ1) is 16.0. The summed E-state index contributed by atoms with van der Waals surface area (Å²) in [7, 11) is 1.60. The lowest BCUT2D eigenvalue weighted by Crippen LogP contribution is -2.42. The Kier molecular flexibility index (Phi) is 6.71. The van der Waals surface area contributed by atoms with Crippen LogP contribution in [0.15, 0.2) is 48.2 Å². The van der Waals surface area contributed by atoms with Crippen LogP contribution in [0.1, 0.15) is 56.0 Å². The molecule has 2 atom stereocenters. The van der Waals surface area contributed by atoms with Crippen LogP contribution < -0.4 is 10.1 Å². The molecule has 34 heavy (non-hydrogen) atoms. The summed E-state index contributed by atoms with van der Waals surface area (Å²) in [4.78, 5) is 28.9. The van der Waals surface area contributed by atoms with Crippen molar-refractivity contribution in [3.05, 3.63) is 69.3 Å². The van der Waals surface area contributed by atoms with Crippen LogP contribution in [-0.4, -0.2) is 36.4 Å². The number of likely N-dealkylation sites (tertiary alicyclic amines) is 1. The number of methoxy groups -OCH3 is 1. The molecule has 1 saturated heterocycles. The lowest BCUT2D eigenvalue weighted by molar-refractivity contribution is -0.128. The molecule has 2 aromatic carbocycles. The summed E-state index contributed by atoms with van der Waals surface area (Å²) < 4.78 is 5.23. The lowest BCUT2D eigenvalue weighted by atomic mass is 9.65. The van der Waals surface area contributed by atoms with Gasteiger partial charge >= 0.3 is 0 Å². The molecule has 180 valence electrons. The first-order valence-electron chi connectivity index (χ1n) is 11.4. The third-order valence-corrected chi connectivity index (χ3v) is 7.30. The fourth-order valence-corrected chi connectivity index (χ4v) is 6.23. The third kappa shape index (κ3) is 5.26. The minimum Gasteiger partial charge on any atom is -0.497 e. The molecule has 2 aliphatic rings. The molecule has 1 aliphatic carbocycles. The van der Waals surface area contributed by atoms with Crippen molar-refractivity contribution in [1.29, 1.82) is 0 Å². The molecule has 0 radical (unpaired) electrons. The number of nitrogens with one attached hydrogen (secondary N) is 1. The highest BCUT2D eigenvalue weighted by atomic mass is 35.5. The summed E-state index contributed by atoms with van der Waals surface area (Å²) >= 11 is 12.2. The van der Waals surface area contributed by atoms with Gasteiger partial charge in [-0.2, -0.15) is 0 Å². The van der Waals surface area contributed by atoms with Crippen LogP contribution in [0.25, 0.3) is 6.08 Å². The number of carbonyl (C=O) groups is 2. The van der Waals surface area contributed by atoms with Gasteiger partial charge in [0.15, 0.2) is 0 Å². The number of halogens is 2. The third-order valence-electron chi connectivity index (χ3n) is 6.76. The fourth-order valence-electron chi connectivity index (χ4n) is 5.73. The van der Waals surface area contributed by atoms with E-state index >= 15 is 0 Å². The minimum absolute atomic E-state index is 0.0802. The monoisotopic (exact) mass is 500 g/mol. The molecule has 2 aromatic rings. The van der Waals surface area contributed by atoms with E-state index in [1.807, 2.05) is 29.2 Å². The first-order valence-corrected chi connectivity index (χ1v) is 12.2. The maximum atomic E-state index is 13.8. The van der Waals surface area contributed by atoms with Crippen molar-refractivity contribution < 1.29 is 14.3 Å². The molecule has 1 saturated carbocycles. The maximum Gasteiger partial charge on any atom is 0.270 e. The topological polar surface area (TPSA) is 58.6 Å². The van der Waals surface area contributed by atoms with Gasteiger partial charge in [-0.3, -0.25) is 9.59 Å². The SMILES string of the molecule is COc1ccc(C=C(NC(=O)c2ccc(Cl)cc2Cl)C(=O)N2CC3(C)CC2CC(C)(C)C3)cc1. The molecule has 0 spiro atoms. The van der Waals surface area contributed by atoms with Crippen molar-refractivity contribution in [3.63, 3.8) is 0 Å². The van der Waals surface area contributed by atoms with Crippen molar-refractivity contribution in [2.24, 2.45) is 10.8 Å². The largest absolute Gasteiger partial charge is 0.497 e. The van der Waals surface area contributed by atoms with Gasteiger partial charge in [0.05, 0.1) is 17.7 Å². The number of amides is 2. The Labute approximate surface area is 211 Å². The molecule has 2 unspecified atom stereocenters. The van der Waals surface area contributed by atoms with E-state index in [2.05, 4.69) is 26.1 Å². The molecular weight excluding hydrogens is 471 g/mol. The van der Waals surface area contributed by atoms with Gasteiger partial charge in [0, 0.05) is 17.6 Å². The van der Waals surface area contributed by atoms with Crippen LogP contribution in [-0.2, 0) is 4.79 Å². The average Bonchev–Trinajstić information content (AvgIpc) is 3.01. The number of benzene rings is 2. The summed E-state index contributed by atoms with van der Waals surface area (Å²) in [5, 5.41) is 3.50. The Balaban J connectivity index is 1.66. The minimum atomic E-state index is -0.455. The number of nitrogens with zero attached hydrogens (tertiary/aromatic N) is 1. The fraction of sp³-hybridized carbons (Fsp3) is 0.407. The van der Waals surface area contributed by atoms with Crippen LogP contribution in [0.4, 0.5) is 0 Å². The number of rotatable bonds is 5. The van der Waals surface area contributed by atoms with E-state index in [-0.39, 0.29) is 39.1 Å². The van der Waals surface area contributed by atoms with E-state index in [1.54, 1.807) is 25.3 Å². The summed E-state index contributed by atoms with van der Waals surface area (Å²) in [6.45, 7) is 7.47. The molecule has 1 N–H and O–H groups in total. The van der Waals surface area contributed by atoms with Crippen molar-refractivity contribution in [2.45, 2.75) is 46.1 Å². The molecule has 2 bridgehead atoms. The van der Waals surface area contributed by atoms with Gasteiger partial charge < -0.3 is 15.0 Å². The predicted molar refractivity (Wildman–Crippen MR) is 136 cm³/mol. The Bertz CT molecular complexity index is 1140. The number of fused-ring (bicyclic) bond motifs is 2. The highest BCUT2D eigenvalue weighted by molar-refractivity contribution is 6.36. The van der Waals surface area contributed by atoms with Crippen LogP contribution in [0.2, 0.25) is 10.0 Å². The zero-order valence-electron chi connectivity index (χ0n) is 20.0. The predicted octanol–water partition coefficient (Wildman–Crippen LogP) is 6.20. The highest BCUT2D eigenvalue weighted by Crippen LogP contribution is 2.52. The van der Waals surface area contributed by atoms with Crippen molar-refractivity contribution in [3.8, 4) is 5.75 Å². The average molecular weight is 501 g/mol. The van der Waals surface area contributed by atoms with Crippen LogP contribution in [0, 0.1) is 10.8 Å². The first kappa shape index (κ1) is 24.6. The molecular formula is C27H30Cl2N2O3. The molecule has 5 nitrogen and oxygen atoms in total. The molecule has 1 aliphatic heterocycles. The van der Waals surface area contributed by atoms with Crippen LogP contribution in [0.5, 0.6) is 5.75 Å². The second-order valence-corrected chi connectivity index (χ2v) is 11.4. The van der Waals surface area contributed by atoms with E-state index in [1.165, 1.54) is 6.07 Å². The Morgan fingerprint density at radius 3 is 2.44 bits per heavy atom. The number of ether oxygens (including phenoxy) is 1. The molecule has 2 amide bonds. The lowest BCUT2D eigenvalue weighted by Gasteiger charge is -2.39. The normalized spacial score (nSPS) is 23.5. The van der Waals surface area contributed by atoms with Gasteiger partial charge in [0.2, 0.25) is 0 Å². The second-order valence-electron chi connectivity index (χ2n) is 10.6. The summed E-state index contributed by atoms with van der Waals surface area (Å²) in [6.07, 6.45) is 4.71. The van der Waals surface area contributed by atoms with E-state index in [4.69, 9.17) is 27.9 Å². The molecule has 0 aromatic heterocycles. The van der Waals surface area contributed by atoms with E-state index in [0.29, 0.717) is 17.3 Å². The summed E-state index contributed by atoms with van der Waals surface area (Å²) in [6, 6.07) is 12.2. The van der Waals surface area contributed by atoms with Gasteiger partial charge in [0.1, 0.15) is 11.4 Å². The van der Waals surface area contributed by atoms with Crippen molar-refractivity contribution in [2.75, 3.05) is 13.7 Å². The quantitative estimate of drug-likeness (QED) is 0.497. The second kappa shape index (κ2) is 9.27. The van der Waals surface area contributed by atoms with Gasteiger partial charge in [-0.1, -0.05) is 56.1 Å². The van der Waals surface area contributed by atoms with E-state index in [9.17, 15) is 9.59 Å². The van der Waals surface area contributed by atoms with Gasteiger partial charge in [-0.15, -0.1) is 0 Å². The summed E-state index contributed by atoms with van der Waals surface area (Å²) in [5.74, 6) is 0.0784. The molecule has 7 heteroatoms.